The molecule has 3 nitrogen and oxygen atoms in total. The SMILES string of the molecule is COC1=C(C)C(O)=CC2OC(c3ccccc3)=CC=C12. The van der Waals surface area contributed by atoms with Gasteiger partial charge in [-0.25, -0.2) is 0 Å². The van der Waals surface area contributed by atoms with E-state index in [-0.39, 0.29) is 11.9 Å². The van der Waals surface area contributed by atoms with Crippen molar-refractivity contribution in [2.75, 3.05) is 7.11 Å². The first-order chi connectivity index (χ1) is 9.70. The first-order valence-corrected chi connectivity index (χ1v) is 6.51. The van der Waals surface area contributed by atoms with Gasteiger partial charge in [0.05, 0.1) is 7.11 Å². The number of fused-ring (bicyclic) bond motifs is 1. The number of hydrogen-bond donors (Lipinski definition) is 1. The van der Waals surface area contributed by atoms with Crippen molar-refractivity contribution in [3.63, 3.8) is 0 Å². The Morgan fingerprint density at radius 2 is 1.90 bits per heavy atom. The monoisotopic (exact) mass is 268 g/mol. The minimum Gasteiger partial charge on any atom is -0.508 e. The molecule has 1 aliphatic carbocycles. The van der Waals surface area contributed by atoms with E-state index in [1.54, 1.807) is 13.2 Å². The van der Waals surface area contributed by atoms with E-state index in [1.807, 2.05) is 49.4 Å². The second kappa shape index (κ2) is 4.93. The van der Waals surface area contributed by atoms with Crippen LogP contribution in [0.5, 0.6) is 0 Å². The molecule has 1 N–H and O–H groups in total. The van der Waals surface area contributed by atoms with Crippen molar-refractivity contribution in [2.24, 2.45) is 0 Å². The molecule has 102 valence electrons. The topological polar surface area (TPSA) is 38.7 Å². The van der Waals surface area contributed by atoms with Crippen LogP contribution in [0.1, 0.15) is 12.5 Å². The van der Waals surface area contributed by atoms with Crippen LogP contribution in [0.2, 0.25) is 0 Å². The van der Waals surface area contributed by atoms with Crippen molar-refractivity contribution in [3.8, 4) is 0 Å². The third kappa shape index (κ3) is 2.01. The summed E-state index contributed by atoms with van der Waals surface area (Å²) in [6, 6.07) is 9.90. The van der Waals surface area contributed by atoms with E-state index in [4.69, 9.17) is 9.47 Å². The maximum atomic E-state index is 9.97. The van der Waals surface area contributed by atoms with Gasteiger partial charge in [-0.05, 0) is 19.1 Å². The molecular formula is C17H16O3. The van der Waals surface area contributed by atoms with Crippen molar-refractivity contribution < 1.29 is 14.6 Å². The van der Waals surface area contributed by atoms with Gasteiger partial charge in [0.25, 0.3) is 0 Å². The Bertz CT molecular complexity index is 648. The lowest BCUT2D eigenvalue weighted by Gasteiger charge is -2.29. The Hall–Kier alpha value is -2.42. The van der Waals surface area contributed by atoms with Crippen molar-refractivity contribution >= 4 is 5.76 Å². The molecule has 0 spiro atoms. The number of ether oxygens (including phenoxy) is 2. The second-order valence-corrected chi connectivity index (χ2v) is 4.77. The highest BCUT2D eigenvalue weighted by Crippen LogP contribution is 2.36. The van der Waals surface area contributed by atoms with Crippen LogP contribution in [0.4, 0.5) is 0 Å². The summed E-state index contributed by atoms with van der Waals surface area (Å²) in [5.41, 5.74) is 2.68. The number of benzene rings is 1. The van der Waals surface area contributed by atoms with Gasteiger partial charge in [-0.3, -0.25) is 0 Å². The summed E-state index contributed by atoms with van der Waals surface area (Å²) in [6.07, 6.45) is 5.32. The predicted molar refractivity (Wildman–Crippen MR) is 77.8 cm³/mol. The number of aliphatic hydroxyl groups excluding tert-OH is 1. The summed E-state index contributed by atoms with van der Waals surface area (Å²) in [5.74, 6) is 1.68. The summed E-state index contributed by atoms with van der Waals surface area (Å²) in [6.45, 7) is 1.83. The molecule has 0 amide bonds. The van der Waals surface area contributed by atoms with Gasteiger partial charge in [0.2, 0.25) is 0 Å². The van der Waals surface area contributed by atoms with Gasteiger partial charge in [-0.2, -0.15) is 0 Å². The summed E-state index contributed by atoms with van der Waals surface area (Å²) < 4.78 is 11.4. The average Bonchev–Trinajstić information content (AvgIpc) is 2.49. The van der Waals surface area contributed by atoms with Crippen LogP contribution in [0.25, 0.3) is 5.76 Å². The van der Waals surface area contributed by atoms with Crippen molar-refractivity contribution in [1.29, 1.82) is 0 Å². The van der Waals surface area contributed by atoms with Crippen LogP contribution in [0.15, 0.2) is 71.2 Å². The van der Waals surface area contributed by atoms with Gasteiger partial charge >= 0.3 is 0 Å². The van der Waals surface area contributed by atoms with Crippen LogP contribution >= 0.6 is 0 Å². The van der Waals surface area contributed by atoms with E-state index in [0.717, 1.165) is 22.5 Å². The van der Waals surface area contributed by atoms with Crippen LogP contribution in [-0.2, 0) is 9.47 Å². The Balaban J connectivity index is 2.02. The highest BCUT2D eigenvalue weighted by molar-refractivity contribution is 5.66. The minimum absolute atomic E-state index is 0.207. The number of methoxy groups -OCH3 is 1. The quantitative estimate of drug-likeness (QED) is 0.888. The Kier molecular flexibility index (Phi) is 3.11. The molecular weight excluding hydrogens is 252 g/mol. The van der Waals surface area contributed by atoms with Crippen molar-refractivity contribution in [3.05, 3.63) is 76.8 Å². The van der Waals surface area contributed by atoms with Crippen LogP contribution < -0.4 is 0 Å². The molecule has 1 unspecified atom stereocenters. The second-order valence-electron chi connectivity index (χ2n) is 4.77. The molecule has 3 heteroatoms. The maximum Gasteiger partial charge on any atom is 0.149 e. The van der Waals surface area contributed by atoms with Gasteiger partial charge < -0.3 is 14.6 Å². The number of rotatable bonds is 2. The molecule has 1 atom stereocenters. The zero-order chi connectivity index (χ0) is 14.1. The fourth-order valence-electron chi connectivity index (χ4n) is 2.47. The Morgan fingerprint density at radius 3 is 2.60 bits per heavy atom. The smallest absolute Gasteiger partial charge is 0.149 e. The molecule has 0 fully saturated rings. The van der Waals surface area contributed by atoms with Gasteiger partial charge in [-0.15, -0.1) is 0 Å². The molecule has 1 aliphatic heterocycles. The molecule has 0 saturated carbocycles. The first-order valence-electron chi connectivity index (χ1n) is 6.51. The highest BCUT2D eigenvalue weighted by Gasteiger charge is 2.29. The summed E-state index contributed by atoms with van der Waals surface area (Å²) in [4.78, 5) is 0. The third-order valence-electron chi connectivity index (χ3n) is 3.53. The Labute approximate surface area is 118 Å². The fraction of sp³-hybridized carbons (Fsp3) is 0.176. The third-order valence-corrected chi connectivity index (χ3v) is 3.53. The van der Waals surface area contributed by atoms with Gasteiger partial charge in [0.15, 0.2) is 0 Å². The van der Waals surface area contributed by atoms with Crippen molar-refractivity contribution in [1.82, 2.24) is 0 Å². The van der Waals surface area contributed by atoms with Crippen LogP contribution in [0, 0.1) is 0 Å². The zero-order valence-electron chi connectivity index (χ0n) is 11.5. The molecule has 3 rings (SSSR count). The lowest BCUT2D eigenvalue weighted by molar-refractivity contribution is 0.205. The molecule has 0 aromatic heterocycles. The lowest BCUT2D eigenvalue weighted by atomic mass is 9.94. The molecule has 2 aliphatic rings. The molecule has 1 aromatic rings. The van der Waals surface area contributed by atoms with E-state index in [0.29, 0.717) is 5.76 Å². The Morgan fingerprint density at radius 1 is 1.15 bits per heavy atom. The maximum absolute atomic E-state index is 9.97. The van der Waals surface area contributed by atoms with Crippen LogP contribution in [0.3, 0.4) is 0 Å². The fourth-order valence-corrected chi connectivity index (χ4v) is 2.47. The van der Waals surface area contributed by atoms with E-state index < -0.39 is 0 Å². The first kappa shape index (κ1) is 12.6. The molecule has 0 saturated heterocycles. The normalized spacial score (nSPS) is 21.3. The van der Waals surface area contributed by atoms with E-state index in [9.17, 15) is 5.11 Å². The molecule has 0 radical (unpaired) electrons. The number of allylic oxidation sites excluding steroid dienone is 3. The van der Waals surface area contributed by atoms with Gasteiger partial charge in [-0.1, -0.05) is 30.3 Å². The summed E-state index contributed by atoms with van der Waals surface area (Å²) >= 11 is 0. The minimum atomic E-state index is -0.311. The standard InChI is InChI=1S/C17H16O3/c1-11-14(18)10-16-13(17(11)19-2)8-9-15(20-16)12-6-4-3-5-7-12/h3-10,16,18H,1-2H3. The molecule has 20 heavy (non-hydrogen) atoms. The average molecular weight is 268 g/mol. The van der Waals surface area contributed by atoms with E-state index >= 15 is 0 Å². The van der Waals surface area contributed by atoms with E-state index in [1.165, 1.54) is 0 Å². The van der Waals surface area contributed by atoms with Gasteiger partial charge in [0.1, 0.15) is 23.4 Å². The number of aliphatic hydroxyl groups is 1. The highest BCUT2D eigenvalue weighted by atomic mass is 16.5. The predicted octanol–water partition coefficient (Wildman–Crippen LogP) is 3.73. The van der Waals surface area contributed by atoms with Crippen LogP contribution in [-0.4, -0.2) is 18.3 Å². The van der Waals surface area contributed by atoms with Gasteiger partial charge in [0, 0.05) is 22.8 Å². The largest absolute Gasteiger partial charge is 0.508 e. The summed E-state index contributed by atoms with van der Waals surface area (Å²) in [5, 5.41) is 9.97. The van der Waals surface area contributed by atoms with Crippen molar-refractivity contribution in [2.45, 2.75) is 13.0 Å². The lowest BCUT2D eigenvalue weighted by Crippen LogP contribution is -2.22. The molecule has 0 bridgehead atoms. The molecule has 1 heterocycles. The number of hydrogen-bond acceptors (Lipinski definition) is 3. The zero-order valence-corrected chi connectivity index (χ0v) is 11.5. The molecule has 1 aromatic carbocycles. The van der Waals surface area contributed by atoms with E-state index in [2.05, 4.69) is 0 Å². The summed E-state index contributed by atoms with van der Waals surface area (Å²) in [7, 11) is 1.60.